The van der Waals surface area contributed by atoms with Gasteiger partial charge in [0, 0.05) is 28.4 Å². The SMILES string of the molecule is Cc1c(F)cccc1NCc1cc(Cl)ccc1O. The predicted molar refractivity (Wildman–Crippen MR) is 71.6 cm³/mol. The summed E-state index contributed by atoms with van der Waals surface area (Å²) in [6, 6.07) is 9.68. The van der Waals surface area contributed by atoms with Crippen LogP contribution in [0.4, 0.5) is 10.1 Å². The van der Waals surface area contributed by atoms with Gasteiger partial charge in [-0.2, -0.15) is 0 Å². The van der Waals surface area contributed by atoms with Crippen LogP contribution in [0.1, 0.15) is 11.1 Å². The molecule has 0 saturated carbocycles. The Morgan fingerprint density at radius 1 is 1.28 bits per heavy atom. The van der Waals surface area contributed by atoms with Crippen molar-refractivity contribution in [1.29, 1.82) is 0 Å². The van der Waals surface area contributed by atoms with Gasteiger partial charge in [0.1, 0.15) is 11.6 Å². The molecule has 2 N–H and O–H groups in total. The van der Waals surface area contributed by atoms with Crippen LogP contribution in [-0.4, -0.2) is 5.11 Å². The Morgan fingerprint density at radius 3 is 2.83 bits per heavy atom. The normalized spacial score (nSPS) is 10.4. The summed E-state index contributed by atoms with van der Waals surface area (Å²) in [5.41, 5.74) is 1.93. The van der Waals surface area contributed by atoms with Gasteiger partial charge in [0.05, 0.1) is 0 Å². The molecule has 4 heteroatoms. The van der Waals surface area contributed by atoms with Crippen LogP contribution in [0.2, 0.25) is 5.02 Å². The molecule has 0 aromatic heterocycles. The first-order valence-corrected chi connectivity index (χ1v) is 5.92. The highest BCUT2D eigenvalue weighted by Gasteiger charge is 2.05. The maximum absolute atomic E-state index is 13.3. The highest BCUT2D eigenvalue weighted by atomic mass is 35.5. The molecular weight excluding hydrogens is 253 g/mol. The summed E-state index contributed by atoms with van der Waals surface area (Å²) in [4.78, 5) is 0. The van der Waals surface area contributed by atoms with Crippen LogP contribution in [-0.2, 0) is 6.54 Å². The molecule has 0 bridgehead atoms. The van der Waals surface area contributed by atoms with Crippen LogP contribution in [0.5, 0.6) is 5.75 Å². The number of aromatic hydroxyl groups is 1. The number of anilines is 1. The number of hydrogen-bond donors (Lipinski definition) is 2. The van der Waals surface area contributed by atoms with Crippen molar-refractivity contribution in [2.24, 2.45) is 0 Å². The standard InChI is InChI=1S/C14H13ClFNO/c1-9-12(16)3-2-4-13(9)17-8-10-7-11(15)5-6-14(10)18/h2-7,17-18H,8H2,1H3. The summed E-state index contributed by atoms with van der Waals surface area (Å²) in [5, 5.41) is 13.3. The minimum Gasteiger partial charge on any atom is -0.508 e. The number of nitrogens with one attached hydrogen (secondary N) is 1. The first-order valence-electron chi connectivity index (χ1n) is 5.54. The van der Waals surface area contributed by atoms with E-state index in [0.29, 0.717) is 28.4 Å². The van der Waals surface area contributed by atoms with Crippen molar-refractivity contribution in [2.75, 3.05) is 5.32 Å². The molecular formula is C14H13ClFNO. The number of phenolic OH excluding ortho intramolecular Hbond substituents is 1. The van der Waals surface area contributed by atoms with E-state index in [2.05, 4.69) is 5.32 Å². The lowest BCUT2D eigenvalue weighted by Crippen LogP contribution is -2.02. The van der Waals surface area contributed by atoms with Crippen molar-refractivity contribution in [2.45, 2.75) is 13.5 Å². The Kier molecular flexibility index (Phi) is 3.72. The summed E-state index contributed by atoms with van der Waals surface area (Å²) >= 11 is 5.86. The fourth-order valence-corrected chi connectivity index (χ4v) is 1.88. The third-order valence-electron chi connectivity index (χ3n) is 2.78. The van der Waals surface area contributed by atoms with E-state index in [0.717, 1.165) is 0 Å². The predicted octanol–water partition coefficient (Wildman–Crippen LogP) is 4.11. The minimum absolute atomic E-state index is 0.168. The summed E-state index contributed by atoms with van der Waals surface area (Å²) in [6.45, 7) is 2.09. The molecule has 0 fully saturated rings. The fraction of sp³-hybridized carbons (Fsp3) is 0.143. The van der Waals surface area contributed by atoms with E-state index < -0.39 is 0 Å². The lowest BCUT2D eigenvalue weighted by molar-refractivity contribution is 0.469. The average molecular weight is 266 g/mol. The summed E-state index contributed by atoms with van der Waals surface area (Å²) in [5.74, 6) is -0.0868. The number of benzene rings is 2. The minimum atomic E-state index is -0.254. The molecule has 0 aliphatic rings. The molecule has 0 amide bonds. The van der Waals surface area contributed by atoms with Crippen molar-refractivity contribution in [1.82, 2.24) is 0 Å². The van der Waals surface area contributed by atoms with E-state index in [1.54, 1.807) is 31.2 Å². The molecule has 0 radical (unpaired) electrons. The molecule has 2 aromatic carbocycles. The monoisotopic (exact) mass is 265 g/mol. The topological polar surface area (TPSA) is 32.3 Å². The zero-order chi connectivity index (χ0) is 13.1. The highest BCUT2D eigenvalue weighted by molar-refractivity contribution is 6.30. The summed E-state index contributed by atoms with van der Waals surface area (Å²) < 4.78 is 13.3. The van der Waals surface area contributed by atoms with Crippen LogP contribution >= 0.6 is 11.6 Å². The van der Waals surface area contributed by atoms with E-state index in [1.165, 1.54) is 12.1 Å². The van der Waals surface area contributed by atoms with Crippen molar-refractivity contribution in [3.63, 3.8) is 0 Å². The summed E-state index contributed by atoms with van der Waals surface area (Å²) in [7, 11) is 0. The largest absolute Gasteiger partial charge is 0.508 e. The van der Waals surface area contributed by atoms with Gasteiger partial charge in [0.2, 0.25) is 0 Å². The van der Waals surface area contributed by atoms with Gasteiger partial charge in [0.15, 0.2) is 0 Å². The molecule has 0 unspecified atom stereocenters. The quantitative estimate of drug-likeness (QED) is 0.875. The van der Waals surface area contributed by atoms with Crippen LogP contribution in [0.25, 0.3) is 0 Å². The average Bonchev–Trinajstić information content (AvgIpc) is 2.35. The van der Waals surface area contributed by atoms with E-state index >= 15 is 0 Å². The van der Waals surface area contributed by atoms with E-state index in [1.807, 2.05) is 0 Å². The molecule has 0 heterocycles. The molecule has 0 saturated heterocycles. The molecule has 94 valence electrons. The van der Waals surface area contributed by atoms with Crippen LogP contribution in [0, 0.1) is 12.7 Å². The van der Waals surface area contributed by atoms with Gasteiger partial charge in [-0.25, -0.2) is 4.39 Å². The molecule has 0 atom stereocenters. The number of halogens is 2. The van der Waals surface area contributed by atoms with Crippen LogP contribution in [0.15, 0.2) is 36.4 Å². The molecule has 0 aliphatic heterocycles. The Bertz CT molecular complexity index is 570. The first-order chi connectivity index (χ1) is 8.58. The molecule has 0 aliphatic carbocycles. The molecule has 18 heavy (non-hydrogen) atoms. The van der Waals surface area contributed by atoms with Gasteiger partial charge < -0.3 is 10.4 Å². The second-order valence-corrected chi connectivity index (χ2v) is 4.48. The molecule has 2 aromatic rings. The summed E-state index contributed by atoms with van der Waals surface area (Å²) in [6.07, 6.45) is 0. The van der Waals surface area contributed by atoms with Crippen LogP contribution < -0.4 is 5.32 Å². The van der Waals surface area contributed by atoms with Gasteiger partial charge in [0.25, 0.3) is 0 Å². The second-order valence-electron chi connectivity index (χ2n) is 4.04. The van der Waals surface area contributed by atoms with E-state index in [4.69, 9.17) is 11.6 Å². The third-order valence-corrected chi connectivity index (χ3v) is 3.01. The van der Waals surface area contributed by atoms with Gasteiger partial charge in [-0.3, -0.25) is 0 Å². The Labute approximate surface area is 110 Å². The zero-order valence-corrected chi connectivity index (χ0v) is 10.6. The van der Waals surface area contributed by atoms with E-state index in [9.17, 15) is 9.50 Å². The lowest BCUT2D eigenvalue weighted by Gasteiger charge is -2.11. The van der Waals surface area contributed by atoms with Crippen molar-refractivity contribution < 1.29 is 9.50 Å². The maximum Gasteiger partial charge on any atom is 0.128 e. The van der Waals surface area contributed by atoms with Gasteiger partial charge in [-0.15, -0.1) is 0 Å². The van der Waals surface area contributed by atoms with E-state index in [-0.39, 0.29) is 11.6 Å². The van der Waals surface area contributed by atoms with Gasteiger partial charge in [-0.05, 0) is 37.3 Å². The fourth-order valence-electron chi connectivity index (χ4n) is 1.69. The highest BCUT2D eigenvalue weighted by Crippen LogP contribution is 2.24. The van der Waals surface area contributed by atoms with Gasteiger partial charge >= 0.3 is 0 Å². The molecule has 2 rings (SSSR count). The Balaban J connectivity index is 2.16. The maximum atomic E-state index is 13.3. The molecule has 0 spiro atoms. The first kappa shape index (κ1) is 12.7. The number of hydrogen-bond acceptors (Lipinski definition) is 2. The Morgan fingerprint density at radius 2 is 2.06 bits per heavy atom. The second kappa shape index (κ2) is 5.27. The lowest BCUT2D eigenvalue weighted by atomic mass is 10.1. The number of phenols is 1. The van der Waals surface area contributed by atoms with Crippen molar-refractivity contribution in [3.8, 4) is 5.75 Å². The van der Waals surface area contributed by atoms with Crippen LogP contribution in [0.3, 0.4) is 0 Å². The van der Waals surface area contributed by atoms with Crippen molar-refractivity contribution >= 4 is 17.3 Å². The van der Waals surface area contributed by atoms with Crippen molar-refractivity contribution in [3.05, 3.63) is 58.4 Å². The third kappa shape index (κ3) is 2.74. The number of rotatable bonds is 3. The zero-order valence-electron chi connectivity index (χ0n) is 9.87. The Hall–Kier alpha value is -1.74. The van der Waals surface area contributed by atoms with Gasteiger partial charge in [-0.1, -0.05) is 17.7 Å². The molecule has 2 nitrogen and oxygen atoms in total. The smallest absolute Gasteiger partial charge is 0.128 e.